The Kier molecular flexibility index (Phi) is 7.02. The highest BCUT2D eigenvalue weighted by molar-refractivity contribution is 5.73. The van der Waals surface area contributed by atoms with Gasteiger partial charge in [-0.25, -0.2) is 0 Å². The van der Waals surface area contributed by atoms with Crippen LogP contribution in [0.5, 0.6) is 0 Å². The normalized spacial score (nSPS) is 22.1. The fraction of sp³-hybridized carbons (Fsp3) is 0.800. The Bertz CT molecular complexity index is 286. The third-order valence-corrected chi connectivity index (χ3v) is 3.90. The quantitative estimate of drug-likeness (QED) is 0.708. The summed E-state index contributed by atoms with van der Waals surface area (Å²) in [6.07, 6.45) is 8.70. The first-order chi connectivity index (χ1) is 8.61. The van der Waals surface area contributed by atoms with Gasteiger partial charge in [0, 0.05) is 19.5 Å². The number of hydrogen-bond acceptors (Lipinski definition) is 2. The minimum Gasteiger partial charge on any atom is -0.370 e. The number of carbonyl (C=O) groups is 1. The number of allylic oxidation sites excluding steroid dienone is 1. The predicted octanol–water partition coefficient (Wildman–Crippen LogP) is 2.71. The summed E-state index contributed by atoms with van der Waals surface area (Å²) in [6.45, 7) is 7.92. The van der Waals surface area contributed by atoms with Gasteiger partial charge in [-0.15, -0.1) is 0 Å². The van der Waals surface area contributed by atoms with Crippen LogP contribution in [0.25, 0.3) is 0 Å². The number of primary amides is 1. The monoisotopic (exact) mass is 252 g/mol. The van der Waals surface area contributed by atoms with Gasteiger partial charge in [-0.3, -0.25) is 4.79 Å². The average Bonchev–Trinajstić information content (AvgIpc) is 2.36. The predicted molar refractivity (Wildman–Crippen MR) is 76.3 cm³/mol. The van der Waals surface area contributed by atoms with E-state index in [1.54, 1.807) is 0 Å². The molecule has 1 atom stereocenters. The molecule has 1 heterocycles. The Labute approximate surface area is 111 Å². The van der Waals surface area contributed by atoms with Crippen LogP contribution in [0.1, 0.15) is 52.4 Å². The topological polar surface area (TPSA) is 46.3 Å². The van der Waals surface area contributed by atoms with E-state index in [1.165, 1.54) is 25.0 Å². The van der Waals surface area contributed by atoms with Crippen molar-refractivity contribution in [3.05, 3.63) is 11.6 Å². The molecule has 1 rings (SSSR count). The molecule has 1 aliphatic heterocycles. The summed E-state index contributed by atoms with van der Waals surface area (Å²) in [5.74, 6) is 0.510. The molecule has 1 saturated heterocycles. The maximum atomic E-state index is 10.8. The molecule has 0 bridgehead atoms. The molecule has 0 saturated carbocycles. The lowest BCUT2D eigenvalue weighted by Crippen LogP contribution is -2.36. The Morgan fingerprint density at radius 3 is 2.94 bits per heavy atom. The van der Waals surface area contributed by atoms with Crippen LogP contribution in [0.3, 0.4) is 0 Å². The van der Waals surface area contributed by atoms with Crippen molar-refractivity contribution >= 4 is 5.91 Å². The molecule has 0 aliphatic carbocycles. The van der Waals surface area contributed by atoms with Crippen molar-refractivity contribution in [1.82, 2.24) is 4.90 Å². The Morgan fingerprint density at radius 1 is 1.50 bits per heavy atom. The Morgan fingerprint density at radius 2 is 2.28 bits per heavy atom. The van der Waals surface area contributed by atoms with Gasteiger partial charge in [0.15, 0.2) is 0 Å². The molecule has 1 aliphatic rings. The summed E-state index contributed by atoms with van der Waals surface area (Å²) in [4.78, 5) is 13.3. The molecular weight excluding hydrogens is 224 g/mol. The van der Waals surface area contributed by atoms with E-state index in [9.17, 15) is 4.79 Å². The van der Waals surface area contributed by atoms with E-state index in [-0.39, 0.29) is 5.91 Å². The van der Waals surface area contributed by atoms with E-state index in [1.807, 2.05) is 0 Å². The van der Waals surface area contributed by atoms with Crippen molar-refractivity contribution in [1.29, 1.82) is 0 Å². The van der Waals surface area contributed by atoms with Crippen LogP contribution >= 0.6 is 0 Å². The van der Waals surface area contributed by atoms with Crippen molar-refractivity contribution in [3.8, 4) is 0 Å². The van der Waals surface area contributed by atoms with Gasteiger partial charge >= 0.3 is 0 Å². The standard InChI is InChI=1S/C15H28N2O/c1-3-13(2)6-4-10-17-11-5-7-14(12-17)8-9-15(16)18/h6,14H,3-5,7-12H2,1-2H3,(H2,16,18). The van der Waals surface area contributed by atoms with E-state index in [4.69, 9.17) is 5.73 Å². The first kappa shape index (κ1) is 15.2. The third-order valence-electron chi connectivity index (χ3n) is 3.90. The highest BCUT2D eigenvalue weighted by Crippen LogP contribution is 2.21. The number of nitrogens with zero attached hydrogens (tertiary/aromatic N) is 1. The zero-order valence-corrected chi connectivity index (χ0v) is 12.0. The number of amides is 1. The molecule has 3 heteroatoms. The molecule has 0 aromatic carbocycles. The highest BCUT2D eigenvalue weighted by atomic mass is 16.1. The van der Waals surface area contributed by atoms with Crippen LogP contribution < -0.4 is 5.73 Å². The van der Waals surface area contributed by atoms with E-state index >= 15 is 0 Å². The second-order valence-electron chi connectivity index (χ2n) is 5.51. The minimum absolute atomic E-state index is 0.159. The molecule has 3 nitrogen and oxygen atoms in total. The lowest BCUT2D eigenvalue weighted by molar-refractivity contribution is -0.118. The first-order valence-electron chi connectivity index (χ1n) is 7.28. The molecule has 18 heavy (non-hydrogen) atoms. The van der Waals surface area contributed by atoms with Gasteiger partial charge in [0.25, 0.3) is 0 Å². The second-order valence-corrected chi connectivity index (χ2v) is 5.51. The summed E-state index contributed by atoms with van der Waals surface area (Å²) in [5.41, 5.74) is 6.70. The molecule has 1 amide bonds. The number of hydrogen-bond donors (Lipinski definition) is 1. The van der Waals surface area contributed by atoms with Gasteiger partial charge in [0.05, 0.1) is 0 Å². The summed E-state index contributed by atoms with van der Waals surface area (Å²) < 4.78 is 0. The number of nitrogens with two attached hydrogens (primary N) is 1. The fourth-order valence-corrected chi connectivity index (χ4v) is 2.57. The van der Waals surface area contributed by atoms with Crippen LogP contribution in [0.2, 0.25) is 0 Å². The van der Waals surface area contributed by atoms with Crippen molar-refractivity contribution in [2.45, 2.75) is 52.4 Å². The van der Waals surface area contributed by atoms with Gasteiger partial charge in [0.1, 0.15) is 0 Å². The smallest absolute Gasteiger partial charge is 0.217 e. The van der Waals surface area contributed by atoms with Crippen molar-refractivity contribution in [3.63, 3.8) is 0 Å². The van der Waals surface area contributed by atoms with E-state index in [0.29, 0.717) is 12.3 Å². The van der Waals surface area contributed by atoms with Gasteiger partial charge in [-0.1, -0.05) is 18.6 Å². The molecule has 2 N–H and O–H groups in total. The largest absolute Gasteiger partial charge is 0.370 e. The summed E-state index contributed by atoms with van der Waals surface area (Å²) in [6, 6.07) is 0. The number of piperidine rings is 1. The minimum atomic E-state index is -0.159. The fourth-order valence-electron chi connectivity index (χ4n) is 2.57. The van der Waals surface area contributed by atoms with Crippen LogP contribution in [0, 0.1) is 5.92 Å². The highest BCUT2D eigenvalue weighted by Gasteiger charge is 2.19. The first-order valence-corrected chi connectivity index (χ1v) is 7.28. The number of likely N-dealkylation sites (tertiary alicyclic amines) is 1. The van der Waals surface area contributed by atoms with Crippen molar-refractivity contribution < 1.29 is 4.79 Å². The average molecular weight is 252 g/mol. The van der Waals surface area contributed by atoms with Crippen molar-refractivity contribution in [2.24, 2.45) is 11.7 Å². The second kappa shape index (κ2) is 8.30. The van der Waals surface area contributed by atoms with Gasteiger partial charge in [-0.05, 0) is 51.5 Å². The Hall–Kier alpha value is -0.830. The Balaban J connectivity index is 2.24. The maximum absolute atomic E-state index is 10.8. The van der Waals surface area contributed by atoms with E-state index < -0.39 is 0 Å². The number of rotatable bonds is 7. The summed E-state index contributed by atoms with van der Waals surface area (Å²) in [5, 5.41) is 0. The lowest BCUT2D eigenvalue weighted by atomic mass is 9.93. The maximum Gasteiger partial charge on any atom is 0.217 e. The van der Waals surface area contributed by atoms with Crippen LogP contribution in [0.4, 0.5) is 0 Å². The molecule has 0 spiro atoms. The van der Waals surface area contributed by atoms with Crippen LogP contribution in [-0.4, -0.2) is 30.4 Å². The lowest BCUT2D eigenvalue weighted by Gasteiger charge is -2.32. The van der Waals surface area contributed by atoms with Crippen LogP contribution in [-0.2, 0) is 4.79 Å². The third kappa shape index (κ3) is 6.20. The molecule has 0 aromatic heterocycles. The molecular formula is C15H28N2O. The molecule has 0 aromatic rings. The number of carbonyl (C=O) groups excluding carboxylic acids is 1. The van der Waals surface area contributed by atoms with Gasteiger partial charge < -0.3 is 10.6 Å². The van der Waals surface area contributed by atoms with Gasteiger partial charge in [-0.2, -0.15) is 0 Å². The van der Waals surface area contributed by atoms with Crippen molar-refractivity contribution in [2.75, 3.05) is 19.6 Å². The SMILES string of the molecule is CCC(C)=CCCN1CCCC(CCC(N)=O)C1. The zero-order valence-electron chi connectivity index (χ0n) is 12.0. The molecule has 104 valence electrons. The zero-order chi connectivity index (χ0) is 13.4. The van der Waals surface area contributed by atoms with Gasteiger partial charge in [0.2, 0.25) is 5.91 Å². The van der Waals surface area contributed by atoms with Crippen LogP contribution in [0.15, 0.2) is 11.6 Å². The molecule has 1 unspecified atom stereocenters. The van der Waals surface area contributed by atoms with E-state index in [0.717, 1.165) is 32.4 Å². The van der Waals surface area contributed by atoms with E-state index in [2.05, 4.69) is 24.8 Å². The summed E-state index contributed by atoms with van der Waals surface area (Å²) in [7, 11) is 0. The summed E-state index contributed by atoms with van der Waals surface area (Å²) >= 11 is 0. The molecule has 1 fully saturated rings. The molecule has 0 radical (unpaired) electrons.